The lowest BCUT2D eigenvalue weighted by molar-refractivity contribution is -0.143. The number of nitrogens with zero attached hydrogens (tertiary/aromatic N) is 2. The number of amides is 1. The Morgan fingerprint density at radius 1 is 1.32 bits per heavy atom. The number of rotatable bonds is 5. The number of carboxylic acid groups (broad SMARTS) is 1. The fourth-order valence-electron chi connectivity index (χ4n) is 2.75. The van der Waals surface area contributed by atoms with E-state index in [1.54, 1.807) is 0 Å². The van der Waals surface area contributed by atoms with Crippen LogP contribution in [0.2, 0.25) is 0 Å². The summed E-state index contributed by atoms with van der Waals surface area (Å²) in [6, 6.07) is 4.20. The zero-order valence-corrected chi connectivity index (χ0v) is 15.2. The lowest BCUT2D eigenvalue weighted by Crippen LogP contribution is -2.42. The van der Waals surface area contributed by atoms with E-state index in [1.807, 2.05) is 0 Å². The van der Waals surface area contributed by atoms with E-state index in [4.69, 9.17) is 9.84 Å². The molecule has 0 spiro atoms. The Balaban J connectivity index is 2.37. The number of aliphatic carboxylic acids is 1. The smallest absolute Gasteiger partial charge is 0.308 e. The van der Waals surface area contributed by atoms with Crippen molar-refractivity contribution in [3.05, 3.63) is 23.8 Å². The average Bonchev–Trinajstić information content (AvgIpc) is 2.60. The van der Waals surface area contributed by atoms with Crippen molar-refractivity contribution >= 4 is 21.9 Å². The van der Waals surface area contributed by atoms with Gasteiger partial charge >= 0.3 is 5.97 Å². The fourth-order valence-corrected chi connectivity index (χ4v) is 3.83. The number of benzene rings is 1. The van der Waals surface area contributed by atoms with Gasteiger partial charge in [-0.2, -0.15) is 0 Å². The molecule has 2 rings (SSSR count). The molecular formula is C16H22N2O6S. The molecule has 1 aliphatic heterocycles. The lowest BCUT2D eigenvalue weighted by atomic mass is 9.97. The fraction of sp³-hybridized carbons (Fsp3) is 0.500. The number of hydrogen-bond donors (Lipinski definition) is 1. The maximum Gasteiger partial charge on any atom is 0.308 e. The van der Waals surface area contributed by atoms with Crippen molar-refractivity contribution in [2.24, 2.45) is 5.92 Å². The summed E-state index contributed by atoms with van der Waals surface area (Å²) in [5.41, 5.74) is 0.187. The minimum atomic E-state index is -3.79. The summed E-state index contributed by atoms with van der Waals surface area (Å²) in [7, 11) is 0.356. The summed E-state index contributed by atoms with van der Waals surface area (Å²) in [5.74, 6) is -1.76. The molecule has 9 heteroatoms. The molecule has 0 saturated carbocycles. The van der Waals surface area contributed by atoms with E-state index >= 15 is 0 Å². The van der Waals surface area contributed by atoms with Crippen molar-refractivity contribution < 1.29 is 27.9 Å². The number of hydrogen-bond acceptors (Lipinski definition) is 5. The van der Waals surface area contributed by atoms with Gasteiger partial charge in [0.1, 0.15) is 10.6 Å². The van der Waals surface area contributed by atoms with Gasteiger partial charge in [-0.25, -0.2) is 12.7 Å². The first kappa shape index (κ1) is 19.2. The number of carbonyl (C=O) groups is 2. The standard InChI is InChI=1S/C16H22N2O6S/c1-17(2)25(22,23)14-9-11(6-7-13(14)24-3)15(19)18-8-4-5-12(10-18)16(20)21/h6-7,9,12H,4-5,8,10H2,1-3H3,(H,20,21)/t12-/m0/s1. The van der Waals surface area contributed by atoms with Gasteiger partial charge in [0.2, 0.25) is 10.0 Å². The molecular weight excluding hydrogens is 348 g/mol. The first-order valence-corrected chi connectivity index (χ1v) is 9.25. The minimum Gasteiger partial charge on any atom is -0.495 e. The Morgan fingerprint density at radius 3 is 2.56 bits per heavy atom. The first-order valence-electron chi connectivity index (χ1n) is 7.81. The number of likely N-dealkylation sites (tertiary alicyclic amines) is 1. The molecule has 8 nitrogen and oxygen atoms in total. The van der Waals surface area contributed by atoms with E-state index in [-0.39, 0.29) is 28.7 Å². The largest absolute Gasteiger partial charge is 0.495 e. The predicted molar refractivity (Wildman–Crippen MR) is 90.1 cm³/mol. The topological polar surface area (TPSA) is 104 Å². The Bertz CT molecular complexity index is 775. The number of methoxy groups -OCH3 is 1. The lowest BCUT2D eigenvalue weighted by Gasteiger charge is -2.31. The van der Waals surface area contributed by atoms with Crippen LogP contribution >= 0.6 is 0 Å². The second-order valence-electron chi connectivity index (χ2n) is 6.08. The van der Waals surface area contributed by atoms with Crippen LogP contribution in [0.3, 0.4) is 0 Å². The summed E-state index contributed by atoms with van der Waals surface area (Å²) in [4.78, 5) is 25.2. The molecule has 0 unspecified atom stereocenters. The monoisotopic (exact) mass is 370 g/mol. The van der Waals surface area contributed by atoms with Crippen LogP contribution < -0.4 is 4.74 Å². The number of ether oxygens (including phenoxy) is 1. The van der Waals surface area contributed by atoms with Gasteiger partial charge in [0.25, 0.3) is 5.91 Å². The Morgan fingerprint density at radius 2 is 2.00 bits per heavy atom. The van der Waals surface area contributed by atoms with Crippen LogP contribution in [0.1, 0.15) is 23.2 Å². The highest BCUT2D eigenvalue weighted by Gasteiger charge is 2.30. The van der Waals surface area contributed by atoms with E-state index in [0.717, 1.165) is 4.31 Å². The predicted octanol–water partition coefficient (Wildman–Crippen LogP) is 0.882. The third-order valence-corrected chi connectivity index (χ3v) is 6.06. The minimum absolute atomic E-state index is 0.0994. The molecule has 1 aromatic rings. The number of sulfonamides is 1. The highest BCUT2D eigenvalue weighted by Crippen LogP contribution is 2.28. The zero-order valence-electron chi connectivity index (χ0n) is 14.4. The van der Waals surface area contributed by atoms with Gasteiger partial charge in [-0.15, -0.1) is 0 Å². The number of carbonyl (C=O) groups excluding carboxylic acids is 1. The molecule has 1 heterocycles. The summed E-state index contributed by atoms with van der Waals surface area (Å²) in [5, 5.41) is 9.15. The molecule has 138 valence electrons. The van der Waals surface area contributed by atoms with Crippen molar-refractivity contribution in [3.63, 3.8) is 0 Å². The SMILES string of the molecule is COc1ccc(C(=O)N2CCC[C@H](C(=O)O)C2)cc1S(=O)(=O)N(C)C. The quantitative estimate of drug-likeness (QED) is 0.825. The van der Waals surface area contributed by atoms with E-state index in [1.165, 1.54) is 44.3 Å². The van der Waals surface area contributed by atoms with Crippen LogP contribution in [-0.2, 0) is 14.8 Å². The van der Waals surface area contributed by atoms with Crippen LogP contribution in [0.15, 0.2) is 23.1 Å². The molecule has 1 fully saturated rings. The molecule has 0 aromatic heterocycles. The van der Waals surface area contributed by atoms with Crippen LogP contribution in [0.4, 0.5) is 0 Å². The first-order chi connectivity index (χ1) is 11.7. The van der Waals surface area contributed by atoms with Crippen LogP contribution in [0.25, 0.3) is 0 Å². The number of piperidine rings is 1. The average molecular weight is 370 g/mol. The van der Waals surface area contributed by atoms with E-state index in [0.29, 0.717) is 19.4 Å². The van der Waals surface area contributed by atoms with Crippen LogP contribution in [0, 0.1) is 5.92 Å². The van der Waals surface area contributed by atoms with Gasteiger partial charge in [0, 0.05) is 32.7 Å². The maximum atomic E-state index is 12.7. The highest BCUT2D eigenvalue weighted by atomic mass is 32.2. The van der Waals surface area contributed by atoms with Crippen molar-refractivity contribution in [2.75, 3.05) is 34.3 Å². The maximum absolute atomic E-state index is 12.7. The Hall–Kier alpha value is -2.13. The molecule has 1 aliphatic rings. The van der Waals surface area contributed by atoms with E-state index in [9.17, 15) is 18.0 Å². The van der Waals surface area contributed by atoms with Crippen molar-refractivity contribution in [1.29, 1.82) is 0 Å². The van der Waals surface area contributed by atoms with Gasteiger partial charge in [-0.1, -0.05) is 0 Å². The normalized spacial score (nSPS) is 18.2. The highest BCUT2D eigenvalue weighted by molar-refractivity contribution is 7.89. The van der Waals surface area contributed by atoms with E-state index < -0.39 is 21.9 Å². The molecule has 1 atom stereocenters. The Labute approximate surface area is 147 Å². The summed E-state index contributed by atoms with van der Waals surface area (Å²) in [6.45, 7) is 0.570. The second-order valence-corrected chi connectivity index (χ2v) is 8.20. The third kappa shape index (κ3) is 3.93. The van der Waals surface area contributed by atoms with Gasteiger partial charge in [-0.3, -0.25) is 9.59 Å². The van der Waals surface area contributed by atoms with Crippen LogP contribution in [0.5, 0.6) is 5.75 Å². The van der Waals surface area contributed by atoms with Gasteiger partial charge in [0.15, 0.2) is 0 Å². The van der Waals surface area contributed by atoms with Gasteiger partial charge < -0.3 is 14.7 Å². The van der Waals surface area contributed by atoms with Gasteiger partial charge in [0.05, 0.1) is 13.0 Å². The molecule has 1 saturated heterocycles. The van der Waals surface area contributed by atoms with Crippen molar-refractivity contribution in [2.45, 2.75) is 17.7 Å². The molecule has 25 heavy (non-hydrogen) atoms. The molecule has 0 bridgehead atoms. The summed E-state index contributed by atoms with van der Waals surface area (Å²) < 4.78 is 31.0. The number of carboxylic acids is 1. The van der Waals surface area contributed by atoms with Crippen molar-refractivity contribution in [3.8, 4) is 5.75 Å². The summed E-state index contributed by atoms with van der Waals surface area (Å²) in [6.07, 6.45) is 1.13. The molecule has 0 radical (unpaired) electrons. The van der Waals surface area contributed by atoms with E-state index in [2.05, 4.69) is 0 Å². The third-order valence-electron chi connectivity index (χ3n) is 4.23. The van der Waals surface area contributed by atoms with Crippen LogP contribution in [-0.4, -0.2) is 68.9 Å². The molecule has 1 N–H and O–H groups in total. The van der Waals surface area contributed by atoms with Crippen molar-refractivity contribution in [1.82, 2.24) is 9.21 Å². The molecule has 1 amide bonds. The summed E-state index contributed by atoms with van der Waals surface area (Å²) >= 11 is 0. The molecule has 0 aliphatic carbocycles. The Kier molecular flexibility index (Phi) is 5.69. The van der Waals surface area contributed by atoms with Gasteiger partial charge in [-0.05, 0) is 31.0 Å². The molecule has 1 aromatic carbocycles. The second kappa shape index (κ2) is 7.40. The zero-order chi connectivity index (χ0) is 18.8.